The predicted molar refractivity (Wildman–Crippen MR) is 107 cm³/mol. The Hall–Kier alpha value is -1.58. The summed E-state index contributed by atoms with van der Waals surface area (Å²) < 4.78 is 33.7. The minimum atomic E-state index is -3.54. The zero-order valence-corrected chi connectivity index (χ0v) is 17.9. The predicted octanol–water partition coefficient (Wildman–Crippen LogP) is 3.13. The first-order valence-corrected chi connectivity index (χ1v) is 11.5. The molecule has 27 heavy (non-hydrogen) atoms. The van der Waals surface area contributed by atoms with Gasteiger partial charge in [-0.2, -0.15) is 4.31 Å². The molecule has 1 aromatic carbocycles. The first kappa shape index (κ1) is 21.7. The Bertz CT molecular complexity index is 889. The lowest BCUT2D eigenvalue weighted by Gasteiger charge is -2.18. The van der Waals surface area contributed by atoms with Crippen molar-refractivity contribution in [3.63, 3.8) is 0 Å². The van der Waals surface area contributed by atoms with Crippen LogP contribution in [-0.4, -0.2) is 54.2 Å². The summed E-state index contributed by atoms with van der Waals surface area (Å²) in [5, 5.41) is 0.696. The van der Waals surface area contributed by atoms with Crippen LogP contribution in [0.4, 0.5) is 0 Å². The molecule has 0 amide bonds. The number of hydrogen-bond acceptors (Lipinski definition) is 6. The average molecular weight is 414 g/mol. The van der Waals surface area contributed by atoms with Gasteiger partial charge >= 0.3 is 5.97 Å². The summed E-state index contributed by atoms with van der Waals surface area (Å²) in [4.78, 5) is 16.3. The Balaban J connectivity index is 2.47. The van der Waals surface area contributed by atoms with Crippen LogP contribution in [-0.2, 0) is 26.1 Å². The molecule has 0 aliphatic carbocycles. The number of rotatable bonds is 10. The van der Waals surface area contributed by atoms with E-state index < -0.39 is 10.0 Å². The minimum absolute atomic E-state index is 0.163. The van der Waals surface area contributed by atoms with E-state index >= 15 is 0 Å². The molecule has 2 rings (SSSR count). The fraction of sp³-hybridized carbons (Fsp3) is 0.556. The molecule has 0 saturated carbocycles. The molecule has 0 unspecified atom stereocenters. The average Bonchev–Trinajstić information content (AvgIpc) is 3.01. The first-order chi connectivity index (χ1) is 12.9. The third-order valence-corrected chi connectivity index (χ3v) is 7.31. The van der Waals surface area contributed by atoms with E-state index in [9.17, 15) is 13.2 Å². The molecule has 0 spiro atoms. The highest BCUT2D eigenvalue weighted by Gasteiger charge is 2.23. The highest BCUT2D eigenvalue weighted by Crippen LogP contribution is 2.27. The molecule has 0 N–H and O–H groups in total. The SMILES string of the molecule is CCCCn1c(SCC(=O)OC)nc2cc(S(=O)(=O)N(CC)CC)ccc21. The summed E-state index contributed by atoms with van der Waals surface area (Å²) >= 11 is 1.30. The Morgan fingerprint density at radius 3 is 2.56 bits per heavy atom. The number of benzene rings is 1. The third-order valence-electron chi connectivity index (χ3n) is 4.31. The van der Waals surface area contributed by atoms with Crippen LogP contribution >= 0.6 is 11.8 Å². The Morgan fingerprint density at radius 1 is 1.26 bits per heavy atom. The summed E-state index contributed by atoms with van der Waals surface area (Å²) in [6, 6.07) is 5.05. The smallest absolute Gasteiger partial charge is 0.316 e. The van der Waals surface area contributed by atoms with Crippen molar-refractivity contribution < 1.29 is 17.9 Å². The van der Waals surface area contributed by atoms with E-state index in [1.807, 2.05) is 18.4 Å². The first-order valence-electron chi connectivity index (χ1n) is 9.09. The van der Waals surface area contributed by atoms with Crippen molar-refractivity contribution in [2.45, 2.75) is 50.2 Å². The molecule has 0 fully saturated rings. The molecule has 9 heteroatoms. The van der Waals surface area contributed by atoms with E-state index in [2.05, 4.69) is 11.9 Å². The van der Waals surface area contributed by atoms with Gasteiger partial charge in [0.05, 0.1) is 28.8 Å². The molecule has 1 heterocycles. The maximum absolute atomic E-state index is 12.8. The highest BCUT2D eigenvalue weighted by molar-refractivity contribution is 7.99. The van der Waals surface area contributed by atoms with Crippen molar-refractivity contribution in [3.8, 4) is 0 Å². The molecule has 0 atom stereocenters. The second-order valence-electron chi connectivity index (χ2n) is 6.00. The summed E-state index contributed by atoms with van der Waals surface area (Å²) in [7, 11) is -2.19. The summed E-state index contributed by atoms with van der Waals surface area (Å²) in [6.07, 6.45) is 1.99. The van der Waals surface area contributed by atoms with Gasteiger partial charge in [0, 0.05) is 19.6 Å². The van der Waals surface area contributed by atoms with Crippen LogP contribution in [0.5, 0.6) is 0 Å². The lowest BCUT2D eigenvalue weighted by molar-refractivity contribution is -0.137. The van der Waals surface area contributed by atoms with E-state index in [1.165, 1.54) is 23.2 Å². The van der Waals surface area contributed by atoms with E-state index in [0.717, 1.165) is 24.9 Å². The third kappa shape index (κ3) is 4.83. The Kier molecular flexibility index (Phi) is 7.69. The topological polar surface area (TPSA) is 81.5 Å². The van der Waals surface area contributed by atoms with Crippen molar-refractivity contribution >= 4 is 38.8 Å². The van der Waals surface area contributed by atoms with Gasteiger partial charge in [0.1, 0.15) is 0 Å². The molecule has 1 aromatic heterocycles. The zero-order chi connectivity index (χ0) is 20.0. The number of thioether (sulfide) groups is 1. The lowest BCUT2D eigenvalue weighted by Crippen LogP contribution is -2.30. The molecule has 7 nitrogen and oxygen atoms in total. The largest absolute Gasteiger partial charge is 0.468 e. The van der Waals surface area contributed by atoms with E-state index in [4.69, 9.17) is 4.74 Å². The van der Waals surface area contributed by atoms with Crippen molar-refractivity contribution in [2.75, 3.05) is 26.0 Å². The van der Waals surface area contributed by atoms with Gasteiger partial charge in [0.15, 0.2) is 5.16 Å². The number of unbranched alkanes of at least 4 members (excludes halogenated alkanes) is 1. The number of carbonyl (C=O) groups is 1. The van der Waals surface area contributed by atoms with Crippen molar-refractivity contribution in [3.05, 3.63) is 18.2 Å². The maximum Gasteiger partial charge on any atom is 0.316 e. The lowest BCUT2D eigenvalue weighted by atomic mass is 10.3. The molecule has 0 bridgehead atoms. The fourth-order valence-electron chi connectivity index (χ4n) is 2.79. The van der Waals surface area contributed by atoms with Gasteiger partial charge < -0.3 is 9.30 Å². The second-order valence-corrected chi connectivity index (χ2v) is 8.88. The standard InChI is InChI=1S/C18H27N3O4S2/c1-5-8-11-21-16-10-9-14(27(23,24)20(6-2)7-3)12-15(16)19-18(21)26-13-17(22)25-4/h9-10,12H,5-8,11,13H2,1-4H3. The van der Waals surface area contributed by atoms with Crippen molar-refractivity contribution in [1.29, 1.82) is 0 Å². The number of esters is 1. The van der Waals surface area contributed by atoms with Crippen LogP contribution in [0.15, 0.2) is 28.3 Å². The number of carbonyl (C=O) groups excluding carboxylic acids is 1. The number of ether oxygens (including phenoxy) is 1. The van der Waals surface area contributed by atoms with Crippen LogP contribution in [0.2, 0.25) is 0 Å². The van der Waals surface area contributed by atoms with Gasteiger partial charge in [0.25, 0.3) is 0 Å². The number of aromatic nitrogens is 2. The fourth-order valence-corrected chi connectivity index (χ4v) is 5.14. The number of sulfonamides is 1. The molecule has 0 saturated heterocycles. The molecule has 0 aliphatic rings. The Labute approximate surface area is 165 Å². The minimum Gasteiger partial charge on any atom is -0.468 e. The number of fused-ring (bicyclic) bond motifs is 1. The van der Waals surface area contributed by atoms with Gasteiger partial charge in [-0.25, -0.2) is 13.4 Å². The van der Waals surface area contributed by atoms with Crippen LogP contribution in [0, 0.1) is 0 Å². The van der Waals surface area contributed by atoms with Gasteiger partial charge in [0.2, 0.25) is 10.0 Å². The Morgan fingerprint density at radius 2 is 1.96 bits per heavy atom. The maximum atomic E-state index is 12.8. The highest BCUT2D eigenvalue weighted by atomic mass is 32.2. The summed E-state index contributed by atoms with van der Waals surface area (Å²) in [5.41, 5.74) is 1.49. The van der Waals surface area contributed by atoms with Crippen LogP contribution < -0.4 is 0 Å². The number of aryl methyl sites for hydroxylation is 1. The van der Waals surface area contributed by atoms with Crippen molar-refractivity contribution in [2.24, 2.45) is 0 Å². The number of hydrogen-bond donors (Lipinski definition) is 0. The second kappa shape index (κ2) is 9.57. The molecular weight excluding hydrogens is 386 g/mol. The van der Waals surface area contributed by atoms with Gasteiger partial charge in [-0.3, -0.25) is 4.79 Å². The normalized spacial score (nSPS) is 12.0. The molecule has 0 aliphatic heterocycles. The quantitative estimate of drug-likeness (QED) is 0.440. The van der Waals surface area contributed by atoms with Gasteiger partial charge in [-0.15, -0.1) is 0 Å². The van der Waals surface area contributed by atoms with Crippen LogP contribution in [0.3, 0.4) is 0 Å². The summed E-state index contributed by atoms with van der Waals surface area (Å²) in [6.45, 7) is 7.35. The number of imidazole rings is 1. The number of nitrogens with zero attached hydrogens (tertiary/aromatic N) is 3. The molecule has 0 radical (unpaired) electrons. The van der Waals surface area contributed by atoms with E-state index in [-0.39, 0.29) is 16.6 Å². The number of methoxy groups -OCH3 is 1. The zero-order valence-electron chi connectivity index (χ0n) is 16.3. The summed E-state index contributed by atoms with van der Waals surface area (Å²) in [5.74, 6) is -0.157. The van der Waals surface area contributed by atoms with Gasteiger partial charge in [-0.05, 0) is 24.6 Å². The molecule has 150 valence electrons. The van der Waals surface area contributed by atoms with Crippen molar-refractivity contribution in [1.82, 2.24) is 13.9 Å². The van der Waals surface area contributed by atoms with E-state index in [0.29, 0.717) is 23.8 Å². The monoisotopic (exact) mass is 413 g/mol. The van der Waals surface area contributed by atoms with Crippen LogP contribution in [0.1, 0.15) is 33.6 Å². The van der Waals surface area contributed by atoms with E-state index in [1.54, 1.807) is 18.2 Å². The van der Waals surface area contributed by atoms with Crippen LogP contribution in [0.25, 0.3) is 11.0 Å². The van der Waals surface area contributed by atoms with Gasteiger partial charge in [-0.1, -0.05) is 39.0 Å². The molecule has 2 aromatic rings. The molecular formula is C18H27N3O4S2.